The number of benzene rings is 1. The van der Waals surface area contributed by atoms with Gasteiger partial charge in [-0.1, -0.05) is 41.6 Å². The van der Waals surface area contributed by atoms with Crippen molar-refractivity contribution in [1.82, 2.24) is 5.32 Å². The number of carbonyl (C=O) groups excluding carboxylic acids is 1. The molecule has 0 aliphatic heterocycles. The molecule has 0 unspecified atom stereocenters. The van der Waals surface area contributed by atoms with Crippen molar-refractivity contribution >= 4 is 28.8 Å². The maximum absolute atomic E-state index is 12.0. The van der Waals surface area contributed by atoms with Crippen molar-refractivity contribution in [2.75, 3.05) is 6.61 Å². The summed E-state index contributed by atoms with van der Waals surface area (Å²) in [6, 6.07) is 9.31. The average Bonchev–Trinajstić information content (AvgIpc) is 2.92. The molecule has 0 aliphatic carbocycles. The minimum absolute atomic E-state index is 0.0444. The van der Waals surface area contributed by atoms with Crippen molar-refractivity contribution in [2.24, 2.45) is 0 Å². The highest BCUT2D eigenvalue weighted by Crippen LogP contribution is 2.21. The lowest BCUT2D eigenvalue weighted by Crippen LogP contribution is -2.22. The molecule has 3 nitrogen and oxygen atoms in total. The van der Waals surface area contributed by atoms with Gasteiger partial charge in [-0.05, 0) is 23.1 Å². The highest BCUT2D eigenvalue weighted by molar-refractivity contribution is 7.12. The van der Waals surface area contributed by atoms with Gasteiger partial charge in [0.1, 0.15) is 4.88 Å². The summed E-state index contributed by atoms with van der Waals surface area (Å²) in [5.74, 6) is 5.70. The number of hydrogen-bond donors (Lipinski definition) is 2. The Morgan fingerprint density at radius 3 is 2.86 bits per heavy atom. The lowest BCUT2D eigenvalue weighted by atomic mass is 10.1. The zero-order chi connectivity index (χ0) is 15.1. The van der Waals surface area contributed by atoms with E-state index in [1.807, 2.05) is 24.3 Å². The topological polar surface area (TPSA) is 49.3 Å². The molecule has 108 valence electrons. The maximum atomic E-state index is 12.0. The van der Waals surface area contributed by atoms with Gasteiger partial charge in [0.05, 0.1) is 11.6 Å². The Morgan fingerprint density at radius 1 is 1.33 bits per heavy atom. The Labute approximate surface area is 132 Å². The van der Waals surface area contributed by atoms with E-state index < -0.39 is 0 Å². The number of hydrogen-bond acceptors (Lipinski definition) is 3. The molecule has 2 rings (SSSR count). The molecule has 0 spiro atoms. The molecular formula is C16H14ClNO2S. The van der Waals surface area contributed by atoms with Gasteiger partial charge in [0, 0.05) is 18.5 Å². The number of thiophene rings is 1. The Hall–Kier alpha value is -1.80. The van der Waals surface area contributed by atoms with E-state index in [1.165, 1.54) is 11.3 Å². The van der Waals surface area contributed by atoms with Crippen LogP contribution in [0.3, 0.4) is 0 Å². The number of aliphatic hydroxyl groups is 1. The molecular weight excluding hydrogens is 306 g/mol. The predicted molar refractivity (Wildman–Crippen MR) is 85.5 cm³/mol. The Balaban J connectivity index is 2.05. The van der Waals surface area contributed by atoms with Crippen LogP contribution >= 0.6 is 22.9 Å². The molecule has 0 fully saturated rings. The molecule has 1 amide bonds. The first-order valence-corrected chi connectivity index (χ1v) is 7.67. The second kappa shape index (κ2) is 7.84. The number of rotatable bonds is 4. The molecule has 1 aromatic carbocycles. The lowest BCUT2D eigenvalue weighted by Gasteiger charge is -2.06. The van der Waals surface area contributed by atoms with Crippen LogP contribution in [0.1, 0.15) is 27.2 Å². The zero-order valence-corrected chi connectivity index (χ0v) is 12.8. The van der Waals surface area contributed by atoms with E-state index in [4.69, 9.17) is 16.7 Å². The summed E-state index contributed by atoms with van der Waals surface area (Å²) in [5, 5.41) is 13.8. The first kappa shape index (κ1) is 15.6. The first-order chi connectivity index (χ1) is 10.2. The Kier molecular flexibility index (Phi) is 5.82. The van der Waals surface area contributed by atoms with E-state index in [0.717, 1.165) is 11.1 Å². The number of carbonyl (C=O) groups is 1. The summed E-state index contributed by atoms with van der Waals surface area (Å²) >= 11 is 7.25. The number of aliphatic hydroxyl groups excluding tert-OH is 1. The van der Waals surface area contributed by atoms with Gasteiger partial charge in [0.15, 0.2) is 0 Å². The Bertz CT molecular complexity index is 685. The van der Waals surface area contributed by atoms with E-state index in [9.17, 15) is 4.79 Å². The number of halogens is 1. The van der Waals surface area contributed by atoms with Gasteiger partial charge in [0.2, 0.25) is 0 Å². The minimum atomic E-state index is -0.187. The number of nitrogens with one attached hydrogen (secondary N) is 1. The quantitative estimate of drug-likeness (QED) is 0.851. The first-order valence-electron chi connectivity index (χ1n) is 6.41. The summed E-state index contributed by atoms with van der Waals surface area (Å²) in [6.45, 7) is 0.430. The van der Waals surface area contributed by atoms with Crippen LogP contribution in [-0.4, -0.2) is 17.6 Å². The highest BCUT2D eigenvalue weighted by Gasteiger charge is 2.11. The third-order valence-corrected chi connectivity index (χ3v) is 4.08. The van der Waals surface area contributed by atoms with E-state index in [2.05, 4.69) is 17.2 Å². The SMILES string of the molecule is O=C(NCc1ccccc1C#CCCO)c1sccc1Cl. The standard InChI is InChI=1S/C16H14ClNO2S/c17-14-8-10-21-15(14)16(20)18-11-13-7-2-1-5-12(13)6-3-4-9-19/h1-2,5,7-8,10,19H,4,9,11H2,(H,18,20). The second-order valence-corrected chi connectivity index (χ2v) is 5.54. The molecule has 0 bridgehead atoms. The van der Waals surface area contributed by atoms with Crippen molar-refractivity contribution in [3.05, 3.63) is 56.7 Å². The predicted octanol–water partition coefficient (Wildman–Crippen LogP) is 3.07. The molecule has 1 heterocycles. The van der Waals surface area contributed by atoms with Crippen LogP contribution in [0, 0.1) is 11.8 Å². The van der Waals surface area contributed by atoms with Gasteiger partial charge < -0.3 is 10.4 Å². The van der Waals surface area contributed by atoms with Crippen LogP contribution in [0.2, 0.25) is 5.02 Å². The molecule has 0 radical (unpaired) electrons. The van der Waals surface area contributed by atoms with Crippen LogP contribution in [-0.2, 0) is 6.54 Å². The molecule has 0 atom stereocenters. The van der Waals surface area contributed by atoms with Gasteiger partial charge in [-0.2, -0.15) is 0 Å². The smallest absolute Gasteiger partial charge is 0.263 e. The van der Waals surface area contributed by atoms with E-state index in [1.54, 1.807) is 11.4 Å². The molecule has 0 saturated heterocycles. The zero-order valence-electron chi connectivity index (χ0n) is 11.2. The maximum Gasteiger partial charge on any atom is 0.263 e. The monoisotopic (exact) mass is 319 g/mol. The Morgan fingerprint density at radius 2 is 2.14 bits per heavy atom. The summed E-state index contributed by atoms with van der Waals surface area (Å²) in [6.07, 6.45) is 0.436. The summed E-state index contributed by atoms with van der Waals surface area (Å²) < 4.78 is 0. The summed E-state index contributed by atoms with van der Waals surface area (Å²) in [7, 11) is 0. The van der Waals surface area contributed by atoms with Gasteiger partial charge in [-0.3, -0.25) is 4.79 Å². The molecule has 5 heteroatoms. The fourth-order valence-electron chi connectivity index (χ4n) is 1.72. The molecule has 1 aromatic heterocycles. The van der Waals surface area contributed by atoms with Gasteiger partial charge >= 0.3 is 0 Å². The van der Waals surface area contributed by atoms with E-state index >= 15 is 0 Å². The van der Waals surface area contributed by atoms with Crippen molar-refractivity contribution < 1.29 is 9.90 Å². The molecule has 2 N–H and O–H groups in total. The van der Waals surface area contributed by atoms with Gasteiger partial charge in [0.25, 0.3) is 5.91 Å². The third kappa shape index (κ3) is 4.33. The van der Waals surface area contributed by atoms with Crippen LogP contribution in [0.15, 0.2) is 35.7 Å². The highest BCUT2D eigenvalue weighted by atomic mass is 35.5. The fourth-order valence-corrected chi connectivity index (χ4v) is 2.78. The van der Waals surface area contributed by atoms with Crippen molar-refractivity contribution in [2.45, 2.75) is 13.0 Å². The lowest BCUT2D eigenvalue weighted by molar-refractivity contribution is 0.0955. The van der Waals surface area contributed by atoms with Crippen LogP contribution < -0.4 is 5.32 Å². The summed E-state index contributed by atoms with van der Waals surface area (Å²) in [5.41, 5.74) is 1.78. The average molecular weight is 320 g/mol. The number of amides is 1. The van der Waals surface area contributed by atoms with E-state index in [-0.39, 0.29) is 12.5 Å². The van der Waals surface area contributed by atoms with Gasteiger partial charge in [-0.25, -0.2) is 0 Å². The normalized spacial score (nSPS) is 9.81. The molecule has 0 saturated carbocycles. The molecule has 2 aromatic rings. The molecule has 21 heavy (non-hydrogen) atoms. The minimum Gasteiger partial charge on any atom is -0.395 e. The van der Waals surface area contributed by atoms with E-state index in [0.29, 0.717) is 22.9 Å². The van der Waals surface area contributed by atoms with Crippen LogP contribution in [0.5, 0.6) is 0 Å². The van der Waals surface area contributed by atoms with Crippen molar-refractivity contribution in [1.29, 1.82) is 0 Å². The van der Waals surface area contributed by atoms with Crippen LogP contribution in [0.25, 0.3) is 0 Å². The van der Waals surface area contributed by atoms with Crippen LogP contribution in [0.4, 0.5) is 0 Å². The van der Waals surface area contributed by atoms with Crippen molar-refractivity contribution in [3.8, 4) is 11.8 Å². The van der Waals surface area contributed by atoms with Gasteiger partial charge in [-0.15, -0.1) is 11.3 Å². The second-order valence-electron chi connectivity index (χ2n) is 4.21. The summed E-state index contributed by atoms with van der Waals surface area (Å²) in [4.78, 5) is 12.5. The molecule has 0 aliphatic rings. The van der Waals surface area contributed by atoms with Crippen molar-refractivity contribution in [3.63, 3.8) is 0 Å². The largest absolute Gasteiger partial charge is 0.395 e. The fraction of sp³-hybridized carbons (Fsp3) is 0.188. The third-order valence-electron chi connectivity index (χ3n) is 2.74.